The van der Waals surface area contributed by atoms with Gasteiger partial charge in [-0.25, -0.2) is 0 Å². The molecule has 1 atom stereocenters. The lowest BCUT2D eigenvalue weighted by Crippen LogP contribution is -2.16. The first-order chi connectivity index (χ1) is 8.76. The van der Waals surface area contributed by atoms with Crippen LogP contribution < -0.4 is 14.8 Å². The first-order valence-corrected chi connectivity index (χ1v) is 6.90. The summed E-state index contributed by atoms with van der Waals surface area (Å²) in [7, 11) is 1.96. The first kappa shape index (κ1) is 13.5. The van der Waals surface area contributed by atoms with Gasteiger partial charge in [0.15, 0.2) is 11.5 Å². The van der Waals surface area contributed by atoms with Crippen molar-refractivity contribution >= 4 is 11.6 Å². The first-order valence-electron chi connectivity index (χ1n) is 6.52. The zero-order valence-electron chi connectivity index (χ0n) is 11.0. The minimum absolute atomic E-state index is 0.264. The van der Waals surface area contributed by atoms with Crippen LogP contribution in [0.3, 0.4) is 0 Å². The third-order valence-corrected chi connectivity index (χ3v) is 3.50. The number of halogens is 1. The summed E-state index contributed by atoms with van der Waals surface area (Å²) in [4.78, 5) is 0. The lowest BCUT2D eigenvalue weighted by Gasteiger charge is -2.19. The van der Waals surface area contributed by atoms with E-state index in [0.717, 1.165) is 41.3 Å². The maximum Gasteiger partial charge on any atom is 0.162 e. The summed E-state index contributed by atoms with van der Waals surface area (Å²) in [6.07, 6.45) is 3.07. The summed E-state index contributed by atoms with van der Waals surface area (Å²) in [6.45, 7) is 3.56. The van der Waals surface area contributed by atoms with Crippen molar-refractivity contribution in [3.05, 3.63) is 22.7 Å². The van der Waals surface area contributed by atoms with Gasteiger partial charge in [-0.05, 0) is 25.1 Å². The second-order valence-electron chi connectivity index (χ2n) is 4.50. The maximum absolute atomic E-state index is 6.35. The molecule has 1 aliphatic heterocycles. The standard InChI is InChI=1S/C14H20ClNO2/c1-3-5-12(16-2)10-8-13-14(9-11(10)15)18-7-4-6-17-13/h8-9,12,16H,3-7H2,1-2H3. The normalized spacial score (nSPS) is 16.2. The van der Waals surface area contributed by atoms with Gasteiger partial charge in [0, 0.05) is 23.6 Å². The van der Waals surface area contributed by atoms with E-state index in [1.807, 2.05) is 19.2 Å². The molecule has 4 heteroatoms. The second kappa shape index (κ2) is 6.30. The van der Waals surface area contributed by atoms with Crippen LogP contribution in [0, 0.1) is 0 Å². The van der Waals surface area contributed by atoms with Crippen molar-refractivity contribution in [2.24, 2.45) is 0 Å². The molecule has 1 heterocycles. The molecule has 1 unspecified atom stereocenters. The number of hydrogen-bond acceptors (Lipinski definition) is 3. The molecule has 1 aromatic rings. The van der Waals surface area contributed by atoms with Crippen LogP contribution in [-0.2, 0) is 0 Å². The minimum atomic E-state index is 0.264. The number of ether oxygens (including phenoxy) is 2. The lowest BCUT2D eigenvalue weighted by molar-refractivity contribution is 0.297. The Hall–Kier alpha value is -0.930. The minimum Gasteiger partial charge on any atom is -0.490 e. The molecule has 100 valence electrons. The van der Waals surface area contributed by atoms with Gasteiger partial charge in [-0.2, -0.15) is 0 Å². The Balaban J connectivity index is 2.33. The smallest absolute Gasteiger partial charge is 0.162 e. The molecule has 0 aromatic heterocycles. The summed E-state index contributed by atoms with van der Waals surface area (Å²) in [5.74, 6) is 1.57. The predicted octanol–water partition coefficient (Wildman–Crippen LogP) is 3.56. The Bertz CT molecular complexity index is 409. The van der Waals surface area contributed by atoms with Crippen LogP contribution in [-0.4, -0.2) is 20.3 Å². The molecule has 0 radical (unpaired) electrons. The molecule has 0 saturated heterocycles. The summed E-state index contributed by atoms with van der Waals surface area (Å²) in [6, 6.07) is 4.15. The molecule has 0 amide bonds. The van der Waals surface area contributed by atoms with Gasteiger partial charge in [-0.3, -0.25) is 0 Å². The number of nitrogens with one attached hydrogen (secondary N) is 1. The summed E-state index contributed by atoms with van der Waals surface area (Å²) in [5, 5.41) is 4.04. The van der Waals surface area contributed by atoms with Crippen LogP contribution in [0.4, 0.5) is 0 Å². The van der Waals surface area contributed by atoms with Gasteiger partial charge in [0.05, 0.1) is 13.2 Å². The zero-order chi connectivity index (χ0) is 13.0. The van der Waals surface area contributed by atoms with Gasteiger partial charge in [0.2, 0.25) is 0 Å². The molecule has 0 saturated carbocycles. The zero-order valence-corrected chi connectivity index (χ0v) is 11.7. The van der Waals surface area contributed by atoms with Crippen molar-refractivity contribution in [3.8, 4) is 11.5 Å². The molecule has 1 aliphatic rings. The van der Waals surface area contributed by atoms with Gasteiger partial charge < -0.3 is 14.8 Å². The van der Waals surface area contributed by atoms with Gasteiger partial charge >= 0.3 is 0 Å². The van der Waals surface area contributed by atoms with E-state index in [2.05, 4.69) is 12.2 Å². The molecule has 0 bridgehead atoms. The fourth-order valence-corrected chi connectivity index (χ4v) is 2.50. The number of rotatable bonds is 4. The van der Waals surface area contributed by atoms with Crippen molar-refractivity contribution < 1.29 is 9.47 Å². The topological polar surface area (TPSA) is 30.5 Å². The van der Waals surface area contributed by atoms with Gasteiger partial charge in [0.25, 0.3) is 0 Å². The molecule has 3 nitrogen and oxygen atoms in total. The summed E-state index contributed by atoms with van der Waals surface area (Å²) in [5.41, 5.74) is 1.09. The van der Waals surface area contributed by atoms with Crippen molar-refractivity contribution in [2.75, 3.05) is 20.3 Å². The number of fused-ring (bicyclic) bond motifs is 1. The molecule has 1 aromatic carbocycles. The van der Waals surface area contributed by atoms with E-state index in [-0.39, 0.29) is 6.04 Å². The van der Waals surface area contributed by atoms with Crippen LogP contribution in [0.1, 0.15) is 37.8 Å². The molecule has 18 heavy (non-hydrogen) atoms. The van der Waals surface area contributed by atoms with Gasteiger partial charge in [0.1, 0.15) is 0 Å². The highest BCUT2D eigenvalue weighted by atomic mass is 35.5. The van der Waals surface area contributed by atoms with Gasteiger partial charge in [-0.1, -0.05) is 24.9 Å². The highest BCUT2D eigenvalue weighted by Crippen LogP contribution is 2.38. The largest absolute Gasteiger partial charge is 0.490 e. The van der Waals surface area contributed by atoms with E-state index in [9.17, 15) is 0 Å². The van der Waals surface area contributed by atoms with E-state index >= 15 is 0 Å². The Labute approximate surface area is 113 Å². The second-order valence-corrected chi connectivity index (χ2v) is 4.91. The van der Waals surface area contributed by atoms with Crippen molar-refractivity contribution in [2.45, 2.75) is 32.2 Å². The van der Waals surface area contributed by atoms with Crippen molar-refractivity contribution in [3.63, 3.8) is 0 Å². The Morgan fingerprint density at radius 2 is 1.94 bits per heavy atom. The lowest BCUT2D eigenvalue weighted by atomic mass is 10.0. The summed E-state index contributed by atoms with van der Waals surface area (Å²) >= 11 is 6.35. The Morgan fingerprint density at radius 3 is 2.56 bits per heavy atom. The SMILES string of the molecule is CCCC(NC)c1cc2c(cc1Cl)OCCCO2. The quantitative estimate of drug-likeness (QED) is 0.907. The average Bonchev–Trinajstić information content (AvgIpc) is 2.60. The van der Waals surface area contributed by atoms with Crippen LogP contribution in [0.15, 0.2) is 12.1 Å². The van der Waals surface area contributed by atoms with Gasteiger partial charge in [-0.15, -0.1) is 0 Å². The average molecular weight is 270 g/mol. The molecule has 1 N–H and O–H groups in total. The van der Waals surface area contributed by atoms with Crippen LogP contribution in [0.25, 0.3) is 0 Å². The van der Waals surface area contributed by atoms with Crippen molar-refractivity contribution in [1.82, 2.24) is 5.32 Å². The molecule has 2 rings (SSSR count). The molecular weight excluding hydrogens is 250 g/mol. The van der Waals surface area contributed by atoms with E-state index in [0.29, 0.717) is 13.2 Å². The third-order valence-electron chi connectivity index (χ3n) is 3.17. The number of benzene rings is 1. The summed E-state index contributed by atoms with van der Waals surface area (Å²) < 4.78 is 11.3. The van der Waals surface area contributed by atoms with E-state index < -0.39 is 0 Å². The Kier molecular flexibility index (Phi) is 4.72. The number of hydrogen-bond donors (Lipinski definition) is 1. The molecule has 0 spiro atoms. The van der Waals surface area contributed by atoms with E-state index in [1.165, 1.54) is 0 Å². The molecule has 0 aliphatic carbocycles. The monoisotopic (exact) mass is 269 g/mol. The van der Waals surface area contributed by atoms with Crippen LogP contribution in [0.2, 0.25) is 5.02 Å². The third kappa shape index (κ3) is 2.90. The highest BCUT2D eigenvalue weighted by Gasteiger charge is 2.18. The van der Waals surface area contributed by atoms with Crippen LogP contribution >= 0.6 is 11.6 Å². The van der Waals surface area contributed by atoms with Crippen molar-refractivity contribution in [1.29, 1.82) is 0 Å². The fraction of sp³-hybridized carbons (Fsp3) is 0.571. The molecule has 0 fully saturated rings. The maximum atomic E-state index is 6.35. The predicted molar refractivity (Wildman–Crippen MR) is 73.8 cm³/mol. The van der Waals surface area contributed by atoms with E-state index in [1.54, 1.807) is 0 Å². The van der Waals surface area contributed by atoms with Crippen LogP contribution in [0.5, 0.6) is 11.5 Å². The Morgan fingerprint density at radius 1 is 1.28 bits per heavy atom. The highest BCUT2D eigenvalue weighted by molar-refractivity contribution is 6.31. The fourth-order valence-electron chi connectivity index (χ4n) is 2.21. The molecular formula is C14H20ClNO2. The van der Waals surface area contributed by atoms with E-state index in [4.69, 9.17) is 21.1 Å².